The zero-order valence-corrected chi connectivity index (χ0v) is 16.6. The molecule has 1 aliphatic heterocycles. The van der Waals surface area contributed by atoms with Gasteiger partial charge in [0.2, 0.25) is 5.82 Å². The summed E-state index contributed by atoms with van der Waals surface area (Å²) in [5, 5.41) is 3.81. The summed E-state index contributed by atoms with van der Waals surface area (Å²) >= 11 is 0. The van der Waals surface area contributed by atoms with Crippen LogP contribution in [-0.2, 0) is 4.74 Å². The van der Waals surface area contributed by atoms with Crippen LogP contribution in [0.4, 0.5) is 5.82 Å². The number of nitrogens with zero attached hydrogens (tertiary/aromatic N) is 5. The molecule has 3 rings (SSSR count). The van der Waals surface area contributed by atoms with Gasteiger partial charge in [0.05, 0.1) is 18.6 Å². The number of rotatable bonds is 6. The van der Waals surface area contributed by atoms with Crippen molar-refractivity contribution >= 4 is 22.8 Å². The lowest BCUT2D eigenvalue weighted by Gasteiger charge is -2.26. The van der Waals surface area contributed by atoms with Crippen LogP contribution >= 0.6 is 0 Å². The highest BCUT2D eigenvalue weighted by molar-refractivity contribution is 5.96. The van der Waals surface area contributed by atoms with Gasteiger partial charge in [-0.15, -0.1) is 0 Å². The van der Waals surface area contributed by atoms with Crippen LogP contribution in [0.1, 0.15) is 28.3 Å². The van der Waals surface area contributed by atoms with E-state index >= 15 is 0 Å². The standard InChI is InChI=1S/C19H28N6O2/c1-13-12-14(2)21-16-15(13)18(24(3)4)23-17(22-16)19(26)20-6-5-7-25-8-10-27-11-9-25/h12H,5-11H2,1-4H3,(H,20,26). The topological polar surface area (TPSA) is 83.5 Å². The first kappa shape index (κ1) is 19.4. The number of amides is 1. The van der Waals surface area contributed by atoms with Crippen molar-refractivity contribution in [3.8, 4) is 0 Å². The number of fused-ring (bicyclic) bond motifs is 1. The summed E-state index contributed by atoms with van der Waals surface area (Å²) < 4.78 is 5.35. The van der Waals surface area contributed by atoms with Crippen LogP contribution < -0.4 is 10.2 Å². The smallest absolute Gasteiger partial charge is 0.289 e. The van der Waals surface area contributed by atoms with Crippen LogP contribution in [-0.4, -0.2) is 79.2 Å². The third-order valence-electron chi connectivity index (χ3n) is 4.64. The van der Waals surface area contributed by atoms with Gasteiger partial charge in [-0.25, -0.2) is 15.0 Å². The highest BCUT2D eigenvalue weighted by Gasteiger charge is 2.18. The number of anilines is 1. The predicted molar refractivity (Wildman–Crippen MR) is 105 cm³/mol. The fourth-order valence-corrected chi connectivity index (χ4v) is 3.29. The highest BCUT2D eigenvalue weighted by atomic mass is 16.5. The normalized spacial score (nSPS) is 15.1. The van der Waals surface area contributed by atoms with Crippen molar-refractivity contribution in [3.63, 3.8) is 0 Å². The molecule has 0 bridgehead atoms. The Kier molecular flexibility index (Phi) is 6.18. The number of carbonyl (C=O) groups is 1. The molecule has 0 radical (unpaired) electrons. The monoisotopic (exact) mass is 372 g/mol. The molecule has 1 aliphatic rings. The molecule has 2 aromatic rings. The van der Waals surface area contributed by atoms with E-state index in [1.807, 2.05) is 38.9 Å². The Hall–Kier alpha value is -2.32. The van der Waals surface area contributed by atoms with E-state index in [0.717, 1.165) is 55.9 Å². The van der Waals surface area contributed by atoms with Gasteiger partial charge in [-0.05, 0) is 38.4 Å². The number of morpholine rings is 1. The minimum atomic E-state index is -0.261. The van der Waals surface area contributed by atoms with Crippen molar-refractivity contribution < 1.29 is 9.53 Å². The van der Waals surface area contributed by atoms with E-state index in [1.165, 1.54) is 0 Å². The molecule has 0 aliphatic carbocycles. The summed E-state index contributed by atoms with van der Waals surface area (Å²) in [4.78, 5) is 30.2. The minimum absolute atomic E-state index is 0.162. The van der Waals surface area contributed by atoms with E-state index in [4.69, 9.17) is 4.74 Å². The Morgan fingerprint density at radius 3 is 2.67 bits per heavy atom. The average Bonchev–Trinajstić information content (AvgIpc) is 2.64. The second-order valence-corrected chi connectivity index (χ2v) is 7.11. The van der Waals surface area contributed by atoms with Gasteiger partial charge in [0, 0.05) is 39.4 Å². The van der Waals surface area contributed by atoms with E-state index in [9.17, 15) is 4.79 Å². The third-order valence-corrected chi connectivity index (χ3v) is 4.64. The van der Waals surface area contributed by atoms with E-state index in [0.29, 0.717) is 18.0 Å². The number of hydrogen-bond acceptors (Lipinski definition) is 7. The maximum atomic E-state index is 12.6. The molecule has 8 heteroatoms. The van der Waals surface area contributed by atoms with E-state index in [-0.39, 0.29) is 11.7 Å². The maximum absolute atomic E-state index is 12.6. The quantitative estimate of drug-likeness (QED) is 0.762. The van der Waals surface area contributed by atoms with Crippen LogP contribution in [0.3, 0.4) is 0 Å². The van der Waals surface area contributed by atoms with Crippen LogP contribution in [0, 0.1) is 13.8 Å². The maximum Gasteiger partial charge on any atom is 0.289 e. The molecule has 1 amide bonds. The van der Waals surface area contributed by atoms with Crippen LogP contribution in [0.15, 0.2) is 6.07 Å². The van der Waals surface area contributed by atoms with Gasteiger partial charge in [-0.3, -0.25) is 9.69 Å². The second kappa shape index (κ2) is 8.58. The Labute approximate surface area is 159 Å². The largest absolute Gasteiger partial charge is 0.379 e. The van der Waals surface area contributed by atoms with Gasteiger partial charge < -0.3 is 15.0 Å². The molecule has 1 N–H and O–H groups in total. The van der Waals surface area contributed by atoms with E-state index in [2.05, 4.69) is 25.2 Å². The van der Waals surface area contributed by atoms with Crippen molar-refractivity contribution in [3.05, 3.63) is 23.1 Å². The first-order valence-electron chi connectivity index (χ1n) is 9.37. The highest BCUT2D eigenvalue weighted by Crippen LogP contribution is 2.25. The molecule has 0 saturated carbocycles. The summed E-state index contributed by atoms with van der Waals surface area (Å²) in [6, 6.07) is 2.00. The second-order valence-electron chi connectivity index (χ2n) is 7.11. The van der Waals surface area contributed by atoms with Crippen LogP contribution in [0.5, 0.6) is 0 Å². The number of hydrogen-bond donors (Lipinski definition) is 1. The lowest BCUT2D eigenvalue weighted by molar-refractivity contribution is 0.0374. The summed E-state index contributed by atoms with van der Waals surface area (Å²) in [6.07, 6.45) is 0.885. The molecule has 3 heterocycles. The van der Waals surface area contributed by atoms with Crippen molar-refractivity contribution in [2.45, 2.75) is 20.3 Å². The Morgan fingerprint density at radius 1 is 1.22 bits per heavy atom. The van der Waals surface area contributed by atoms with E-state index in [1.54, 1.807) is 0 Å². The van der Waals surface area contributed by atoms with Crippen LogP contribution in [0.25, 0.3) is 11.0 Å². The first-order chi connectivity index (χ1) is 13.0. The Morgan fingerprint density at radius 2 is 1.96 bits per heavy atom. The van der Waals surface area contributed by atoms with Crippen LogP contribution in [0.2, 0.25) is 0 Å². The zero-order chi connectivity index (χ0) is 19.4. The van der Waals surface area contributed by atoms with Gasteiger partial charge in [-0.1, -0.05) is 0 Å². The molecule has 0 aromatic carbocycles. The van der Waals surface area contributed by atoms with Gasteiger partial charge >= 0.3 is 0 Å². The lowest BCUT2D eigenvalue weighted by Crippen LogP contribution is -2.38. The third kappa shape index (κ3) is 4.70. The molecule has 27 heavy (non-hydrogen) atoms. The number of aromatic nitrogens is 3. The zero-order valence-electron chi connectivity index (χ0n) is 16.6. The summed E-state index contributed by atoms with van der Waals surface area (Å²) in [7, 11) is 3.82. The van der Waals surface area contributed by atoms with Crippen molar-refractivity contribution in [2.24, 2.45) is 0 Å². The fraction of sp³-hybridized carbons (Fsp3) is 0.579. The lowest BCUT2D eigenvalue weighted by atomic mass is 10.1. The summed E-state index contributed by atoms with van der Waals surface area (Å²) in [5.74, 6) is 0.612. The molecule has 2 aromatic heterocycles. The Bertz CT molecular complexity index is 817. The molecule has 0 unspecified atom stereocenters. The molecule has 0 atom stereocenters. The number of ether oxygens (including phenoxy) is 1. The molecular formula is C19H28N6O2. The summed E-state index contributed by atoms with van der Waals surface area (Å²) in [6.45, 7) is 8.97. The molecule has 146 valence electrons. The Balaban J connectivity index is 1.70. The molecule has 1 saturated heterocycles. The SMILES string of the molecule is Cc1cc(C)c2c(N(C)C)nc(C(=O)NCCCN3CCOCC3)nc2n1. The average molecular weight is 372 g/mol. The van der Waals surface area contributed by atoms with Gasteiger partial charge in [0.1, 0.15) is 5.82 Å². The molecule has 1 fully saturated rings. The molecule has 0 spiro atoms. The number of nitrogens with one attached hydrogen (secondary N) is 1. The van der Waals surface area contributed by atoms with Crippen molar-refractivity contribution in [2.75, 3.05) is 58.4 Å². The predicted octanol–water partition coefficient (Wildman–Crippen LogP) is 1.16. The molecular weight excluding hydrogens is 344 g/mol. The van der Waals surface area contributed by atoms with Gasteiger partial charge in [-0.2, -0.15) is 0 Å². The van der Waals surface area contributed by atoms with Gasteiger partial charge in [0.25, 0.3) is 5.91 Å². The molecule has 8 nitrogen and oxygen atoms in total. The number of pyridine rings is 1. The van der Waals surface area contributed by atoms with Crippen molar-refractivity contribution in [1.82, 2.24) is 25.2 Å². The van der Waals surface area contributed by atoms with Crippen molar-refractivity contribution in [1.29, 1.82) is 0 Å². The number of aryl methyl sites for hydroxylation is 2. The number of carbonyl (C=O) groups excluding carboxylic acids is 1. The first-order valence-corrected chi connectivity index (χ1v) is 9.37. The van der Waals surface area contributed by atoms with E-state index < -0.39 is 0 Å². The van der Waals surface area contributed by atoms with Gasteiger partial charge in [0.15, 0.2) is 5.65 Å². The fourth-order valence-electron chi connectivity index (χ4n) is 3.29. The summed E-state index contributed by atoms with van der Waals surface area (Å²) in [5.41, 5.74) is 2.49. The minimum Gasteiger partial charge on any atom is -0.379 e.